The Hall–Kier alpha value is -2.86. The van der Waals surface area contributed by atoms with E-state index in [4.69, 9.17) is 10.5 Å². The molecule has 0 saturated heterocycles. The molecule has 6 nitrogen and oxygen atoms in total. The number of aliphatic imine (C=N–C) groups is 1. The van der Waals surface area contributed by atoms with Crippen LogP contribution in [-0.4, -0.2) is 35.3 Å². The lowest BCUT2D eigenvalue weighted by atomic mass is 10.1. The highest BCUT2D eigenvalue weighted by Gasteiger charge is 2.02. The lowest BCUT2D eigenvalue weighted by Gasteiger charge is -2.07. The number of nitrogens with one attached hydrogen (secondary N) is 1. The fraction of sp³-hybridized carbons (Fsp3) is 0.333. The van der Waals surface area contributed by atoms with Gasteiger partial charge in [0.25, 0.3) is 0 Å². The summed E-state index contributed by atoms with van der Waals surface area (Å²) >= 11 is 0. The number of imidazole rings is 1. The first-order valence-corrected chi connectivity index (χ1v) is 9.35. The van der Waals surface area contributed by atoms with Crippen molar-refractivity contribution in [2.75, 3.05) is 19.8 Å². The zero-order chi connectivity index (χ0) is 18.9. The maximum Gasteiger partial charge on any atom is 0.188 e. The van der Waals surface area contributed by atoms with E-state index in [1.165, 1.54) is 5.56 Å². The first-order chi connectivity index (χ1) is 13.3. The van der Waals surface area contributed by atoms with Gasteiger partial charge < -0.3 is 20.4 Å². The van der Waals surface area contributed by atoms with E-state index in [9.17, 15) is 0 Å². The van der Waals surface area contributed by atoms with Crippen molar-refractivity contribution in [3.63, 3.8) is 0 Å². The summed E-state index contributed by atoms with van der Waals surface area (Å²) in [4.78, 5) is 8.82. The molecular formula is C21H27N5O. The molecule has 6 heteroatoms. The van der Waals surface area contributed by atoms with Crippen LogP contribution in [0, 0.1) is 0 Å². The summed E-state index contributed by atoms with van der Waals surface area (Å²) in [5.74, 6) is 0.473. The second-order valence-corrected chi connectivity index (χ2v) is 6.36. The van der Waals surface area contributed by atoms with Gasteiger partial charge in [0.2, 0.25) is 0 Å². The van der Waals surface area contributed by atoms with E-state index in [2.05, 4.69) is 50.2 Å². The number of guanidine groups is 1. The number of aromatic nitrogens is 2. The molecule has 142 valence electrons. The van der Waals surface area contributed by atoms with Crippen molar-refractivity contribution in [3.05, 3.63) is 66.0 Å². The van der Waals surface area contributed by atoms with Crippen LogP contribution in [0.4, 0.5) is 0 Å². The van der Waals surface area contributed by atoms with Gasteiger partial charge in [-0.15, -0.1) is 0 Å². The highest BCUT2D eigenvalue weighted by molar-refractivity contribution is 5.77. The van der Waals surface area contributed by atoms with Gasteiger partial charge in [0.05, 0.1) is 23.9 Å². The third kappa shape index (κ3) is 5.56. The van der Waals surface area contributed by atoms with Gasteiger partial charge in [0.1, 0.15) is 0 Å². The molecule has 0 aliphatic rings. The maximum atomic E-state index is 5.90. The van der Waals surface area contributed by atoms with Crippen molar-refractivity contribution in [1.29, 1.82) is 0 Å². The van der Waals surface area contributed by atoms with Gasteiger partial charge in [-0.05, 0) is 36.6 Å². The summed E-state index contributed by atoms with van der Waals surface area (Å²) in [5.41, 5.74) is 10.4. The quantitative estimate of drug-likeness (QED) is 0.347. The molecule has 0 aliphatic carbocycles. The largest absolute Gasteiger partial charge is 0.382 e. The molecule has 3 aromatic rings. The van der Waals surface area contributed by atoms with Crippen molar-refractivity contribution in [1.82, 2.24) is 14.9 Å². The fourth-order valence-electron chi connectivity index (χ4n) is 2.85. The average Bonchev–Trinajstić information content (AvgIpc) is 3.10. The Morgan fingerprint density at radius 2 is 1.93 bits per heavy atom. The normalized spacial score (nSPS) is 11.8. The monoisotopic (exact) mass is 365 g/mol. The van der Waals surface area contributed by atoms with Gasteiger partial charge in [-0.25, -0.2) is 9.98 Å². The predicted octanol–water partition coefficient (Wildman–Crippen LogP) is 2.92. The van der Waals surface area contributed by atoms with Gasteiger partial charge in [0, 0.05) is 26.3 Å². The first kappa shape index (κ1) is 18.9. The molecule has 0 radical (unpaired) electrons. The summed E-state index contributed by atoms with van der Waals surface area (Å²) in [7, 11) is 0. The Balaban J connectivity index is 1.50. The van der Waals surface area contributed by atoms with Gasteiger partial charge in [-0.3, -0.25) is 0 Å². The number of ether oxygens (including phenoxy) is 1. The molecule has 27 heavy (non-hydrogen) atoms. The van der Waals surface area contributed by atoms with Crippen molar-refractivity contribution in [3.8, 4) is 0 Å². The topological polar surface area (TPSA) is 77.5 Å². The van der Waals surface area contributed by atoms with Crippen LogP contribution < -0.4 is 11.1 Å². The van der Waals surface area contributed by atoms with Gasteiger partial charge in [-0.1, -0.05) is 36.4 Å². The molecule has 0 unspecified atom stereocenters. The number of rotatable bonds is 9. The van der Waals surface area contributed by atoms with Crippen LogP contribution in [0.1, 0.15) is 24.5 Å². The van der Waals surface area contributed by atoms with Crippen molar-refractivity contribution in [2.45, 2.75) is 26.4 Å². The second-order valence-electron chi connectivity index (χ2n) is 6.36. The molecular weight excluding hydrogens is 338 g/mol. The molecule has 3 N–H and O–H groups in total. The third-order valence-corrected chi connectivity index (χ3v) is 4.31. The summed E-state index contributed by atoms with van der Waals surface area (Å²) in [6, 6.07) is 16.6. The van der Waals surface area contributed by atoms with Crippen LogP contribution >= 0.6 is 0 Å². The SMILES string of the molecule is CCOCCCNC(N)=NCc1ccc(Cn2cnc3ccccc32)cc1. The highest BCUT2D eigenvalue weighted by Crippen LogP contribution is 2.14. The lowest BCUT2D eigenvalue weighted by Crippen LogP contribution is -2.32. The zero-order valence-electron chi connectivity index (χ0n) is 15.8. The van der Waals surface area contributed by atoms with E-state index < -0.39 is 0 Å². The maximum absolute atomic E-state index is 5.90. The Labute approximate surface area is 160 Å². The average molecular weight is 365 g/mol. The molecule has 2 aromatic carbocycles. The molecule has 1 heterocycles. The molecule has 1 aromatic heterocycles. The predicted molar refractivity (Wildman–Crippen MR) is 110 cm³/mol. The Morgan fingerprint density at radius 3 is 2.74 bits per heavy atom. The van der Waals surface area contributed by atoms with Crippen molar-refractivity contribution in [2.24, 2.45) is 10.7 Å². The summed E-state index contributed by atoms with van der Waals surface area (Å²) in [6.45, 7) is 5.62. The highest BCUT2D eigenvalue weighted by atomic mass is 16.5. The summed E-state index contributed by atoms with van der Waals surface area (Å²) < 4.78 is 7.45. The summed E-state index contributed by atoms with van der Waals surface area (Å²) in [5, 5.41) is 3.11. The van der Waals surface area contributed by atoms with Crippen LogP contribution in [0.2, 0.25) is 0 Å². The number of benzene rings is 2. The fourth-order valence-corrected chi connectivity index (χ4v) is 2.85. The van der Waals surface area contributed by atoms with E-state index in [1.807, 2.05) is 31.5 Å². The third-order valence-electron chi connectivity index (χ3n) is 4.31. The van der Waals surface area contributed by atoms with E-state index in [0.29, 0.717) is 12.5 Å². The summed E-state index contributed by atoms with van der Waals surface area (Å²) in [6.07, 6.45) is 2.81. The standard InChI is InChI=1S/C21H27N5O/c1-2-27-13-5-12-23-21(22)24-14-17-8-10-18(11-9-17)15-26-16-25-19-6-3-4-7-20(19)26/h3-4,6-11,16H,2,5,12-15H2,1H3,(H3,22,23,24). The Bertz CT molecular complexity index is 870. The minimum absolute atomic E-state index is 0.473. The lowest BCUT2D eigenvalue weighted by molar-refractivity contribution is 0.145. The first-order valence-electron chi connectivity index (χ1n) is 9.35. The van der Waals surface area contributed by atoms with E-state index in [0.717, 1.165) is 49.3 Å². The second kappa shape index (κ2) is 9.73. The minimum atomic E-state index is 0.473. The van der Waals surface area contributed by atoms with E-state index in [-0.39, 0.29) is 0 Å². The molecule has 3 rings (SSSR count). The van der Waals surface area contributed by atoms with Crippen molar-refractivity contribution < 1.29 is 4.74 Å². The Morgan fingerprint density at radius 1 is 1.15 bits per heavy atom. The van der Waals surface area contributed by atoms with Crippen LogP contribution in [0.5, 0.6) is 0 Å². The number of nitrogens with zero attached hydrogens (tertiary/aromatic N) is 3. The number of hydrogen-bond donors (Lipinski definition) is 2. The number of fused-ring (bicyclic) bond motifs is 1. The van der Waals surface area contributed by atoms with Gasteiger partial charge in [0.15, 0.2) is 5.96 Å². The minimum Gasteiger partial charge on any atom is -0.382 e. The van der Waals surface area contributed by atoms with Crippen LogP contribution in [0.3, 0.4) is 0 Å². The van der Waals surface area contributed by atoms with E-state index >= 15 is 0 Å². The number of hydrogen-bond acceptors (Lipinski definition) is 3. The Kier molecular flexibility index (Phi) is 6.82. The zero-order valence-corrected chi connectivity index (χ0v) is 15.8. The number of nitrogens with two attached hydrogens (primary N) is 1. The molecule has 0 spiro atoms. The van der Waals surface area contributed by atoms with Crippen LogP contribution in [-0.2, 0) is 17.8 Å². The van der Waals surface area contributed by atoms with Gasteiger partial charge in [-0.2, -0.15) is 0 Å². The number of para-hydroxylation sites is 2. The van der Waals surface area contributed by atoms with E-state index in [1.54, 1.807) is 0 Å². The van der Waals surface area contributed by atoms with Gasteiger partial charge >= 0.3 is 0 Å². The molecule has 0 amide bonds. The smallest absolute Gasteiger partial charge is 0.188 e. The van der Waals surface area contributed by atoms with Crippen molar-refractivity contribution >= 4 is 17.0 Å². The van der Waals surface area contributed by atoms with Crippen LogP contribution in [0.15, 0.2) is 59.9 Å². The molecule has 0 atom stereocenters. The molecule has 0 fully saturated rings. The molecule has 0 saturated carbocycles. The van der Waals surface area contributed by atoms with Crippen LogP contribution in [0.25, 0.3) is 11.0 Å². The molecule has 0 bridgehead atoms. The molecule has 0 aliphatic heterocycles.